The van der Waals surface area contributed by atoms with Crippen LogP contribution in [0.15, 0.2) is 0 Å². The summed E-state index contributed by atoms with van der Waals surface area (Å²) in [6, 6.07) is 0.148. The minimum atomic E-state index is -3.11. The molecule has 2 fully saturated rings. The highest BCUT2D eigenvalue weighted by Gasteiger charge is 2.22. The third-order valence-electron chi connectivity index (χ3n) is 3.64. The van der Waals surface area contributed by atoms with Gasteiger partial charge in [-0.25, -0.2) is 13.1 Å². The van der Waals surface area contributed by atoms with Crippen molar-refractivity contribution in [1.82, 2.24) is 10.0 Å². The van der Waals surface area contributed by atoms with Gasteiger partial charge in [0.1, 0.15) is 0 Å². The average Bonchev–Trinajstić information content (AvgIpc) is 2.38. The van der Waals surface area contributed by atoms with Crippen LogP contribution >= 0.6 is 11.8 Å². The molecule has 2 rings (SSSR count). The molecule has 6 heteroatoms. The predicted octanol–water partition coefficient (Wildman–Crippen LogP) is 1.33. The number of nitrogens with one attached hydrogen (secondary N) is 2. The number of hydrogen-bond donors (Lipinski definition) is 2. The van der Waals surface area contributed by atoms with Gasteiger partial charge in [0, 0.05) is 17.8 Å². The Bertz CT molecular complexity index is 334. The minimum Gasteiger partial charge on any atom is -0.313 e. The molecule has 2 N–H and O–H groups in total. The molecule has 2 aliphatic heterocycles. The topological polar surface area (TPSA) is 58.2 Å². The first-order valence-corrected chi connectivity index (χ1v) is 9.68. The molecule has 0 aromatic rings. The molecule has 0 aromatic heterocycles. The Balaban J connectivity index is 1.72. The quantitative estimate of drug-likeness (QED) is 0.803. The summed E-state index contributed by atoms with van der Waals surface area (Å²) in [5.74, 6) is 1.42. The summed E-state index contributed by atoms with van der Waals surface area (Å²) < 4.78 is 26.7. The molecule has 2 heterocycles. The molecule has 0 bridgehead atoms. The van der Waals surface area contributed by atoms with Gasteiger partial charge >= 0.3 is 0 Å². The summed E-state index contributed by atoms with van der Waals surface area (Å²) in [5, 5.41) is 3.77. The maximum absolute atomic E-state index is 12.0. The third kappa shape index (κ3) is 5.07. The molecule has 0 aliphatic carbocycles. The minimum absolute atomic E-state index is 0.148. The molecule has 0 aromatic carbocycles. The van der Waals surface area contributed by atoms with E-state index in [9.17, 15) is 8.42 Å². The van der Waals surface area contributed by atoms with Gasteiger partial charge in [0.2, 0.25) is 10.0 Å². The Morgan fingerprint density at radius 3 is 2.67 bits per heavy atom. The fourth-order valence-corrected chi connectivity index (χ4v) is 5.31. The van der Waals surface area contributed by atoms with E-state index in [-0.39, 0.29) is 11.8 Å². The summed E-state index contributed by atoms with van der Waals surface area (Å²) in [6.07, 6.45) is 6.96. The lowest BCUT2D eigenvalue weighted by atomic mass is 10.1. The van der Waals surface area contributed by atoms with Crippen LogP contribution in [0.5, 0.6) is 0 Å². The van der Waals surface area contributed by atoms with Crippen LogP contribution in [0.2, 0.25) is 0 Å². The number of rotatable bonds is 5. The zero-order chi connectivity index (χ0) is 12.8. The van der Waals surface area contributed by atoms with Crippen molar-refractivity contribution in [2.24, 2.45) is 0 Å². The van der Waals surface area contributed by atoms with Crippen molar-refractivity contribution in [2.75, 3.05) is 24.6 Å². The van der Waals surface area contributed by atoms with E-state index >= 15 is 0 Å². The van der Waals surface area contributed by atoms with Crippen molar-refractivity contribution in [3.05, 3.63) is 0 Å². The van der Waals surface area contributed by atoms with Crippen molar-refractivity contribution >= 4 is 21.8 Å². The van der Waals surface area contributed by atoms with Gasteiger partial charge in [-0.3, -0.25) is 0 Å². The first-order chi connectivity index (χ1) is 8.66. The van der Waals surface area contributed by atoms with Gasteiger partial charge < -0.3 is 5.32 Å². The van der Waals surface area contributed by atoms with Gasteiger partial charge in [0.25, 0.3) is 0 Å². The van der Waals surface area contributed by atoms with Gasteiger partial charge in [-0.15, -0.1) is 0 Å². The Morgan fingerprint density at radius 2 is 2.00 bits per heavy atom. The van der Waals surface area contributed by atoms with Crippen LogP contribution in [0.1, 0.15) is 38.5 Å². The summed E-state index contributed by atoms with van der Waals surface area (Å²) in [4.78, 5) is 0. The second kappa shape index (κ2) is 7.12. The lowest BCUT2D eigenvalue weighted by molar-refractivity contribution is 0.422. The summed E-state index contributed by atoms with van der Waals surface area (Å²) in [7, 11) is -3.11. The van der Waals surface area contributed by atoms with Crippen molar-refractivity contribution in [3.8, 4) is 0 Å². The van der Waals surface area contributed by atoms with Crippen molar-refractivity contribution < 1.29 is 8.42 Å². The van der Waals surface area contributed by atoms with Gasteiger partial charge in [0.05, 0.1) is 5.75 Å². The standard InChI is InChI=1S/C12H24N2O2S2/c15-18(16,10-11-5-1-3-7-13-11)14-9-12-6-2-4-8-17-12/h11-14H,1-10H2. The number of hydrogen-bond acceptors (Lipinski definition) is 4. The monoisotopic (exact) mass is 292 g/mol. The molecule has 0 radical (unpaired) electrons. The normalized spacial score (nSPS) is 30.2. The highest BCUT2D eigenvalue weighted by Crippen LogP contribution is 2.24. The first kappa shape index (κ1) is 14.6. The van der Waals surface area contributed by atoms with Crippen LogP contribution in [0.4, 0.5) is 0 Å². The SMILES string of the molecule is O=S(=O)(CC1CCCCN1)NCC1CCCCS1. The highest BCUT2D eigenvalue weighted by molar-refractivity contribution is 8.00. The van der Waals surface area contributed by atoms with Gasteiger partial charge in [0.15, 0.2) is 0 Å². The molecule has 0 amide bonds. The molecule has 0 spiro atoms. The predicted molar refractivity (Wildman–Crippen MR) is 77.5 cm³/mol. The molecule has 2 aliphatic rings. The smallest absolute Gasteiger partial charge is 0.213 e. The molecule has 2 unspecified atom stereocenters. The van der Waals surface area contributed by atoms with Crippen LogP contribution in [0.3, 0.4) is 0 Å². The fraction of sp³-hybridized carbons (Fsp3) is 1.00. The zero-order valence-electron chi connectivity index (χ0n) is 10.9. The Labute approximate surface area is 115 Å². The maximum Gasteiger partial charge on any atom is 0.213 e. The van der Waals surface area contributed by atoms with Crippen LogP contribution in [-0.2, 0) is 10.0 Å². The molecule has 106 valence electrons. The summed E-state index contributed by atoms with van der Waals surface area (Å²) >= 11 is 1.91. The van der Waals surface area contributed by atoms with Crippen molar-refractivity contribution in [3.63, 3.8) is 0 Å². The molecular weight excluding hydrogens is 268 g/mol. The fourth-order valence-electron chi connectivity index (χ4n) is 2.58. The molecular formula is C12H24N2O2S2. The van der Waals surface area contributed by atoms with Crippen LogP contribution in [0, 0.1) is 0 Å². The van der Waals surface area contributed by atoms with Crippen LogP contribution < -0.4 is 10.0 Å². The van der Waals surface area contributed by atoms with Gasteiger partial charge in [-0.1, -0.05) is 12.8 Å². The average molecular weight is 292 g/mol. The lowest BCUT2D eigenvalue weighted by Crippen LogP contribution is -2.43. The molecule has 4 nitrogen and oxygen atoms in total. The van der Waals surface area contributed by atoms with Crippen LogP contribution in [0.25, 0.3) is 0 Å². The summed E-state index contributed by atoms with van der Waals surface area (Å²) in [5.41, 5.74) is 0. The molecule has 18 heavy (non-hydrogen) atoms. The maximum atomic E-state index is 12.0. The van der Waals surface area contributed by atoms with E-state index in [1.807, 2.05) is 11.8 Å². The molecule has 2 saturated heterocycles. The number of piperidine rings is 1. The lowest BCUT2D eigenvalue weighted by Gasteiger charge is -2.25. The summed E-state index contributed by atoms with van der Waals surface area (Å²) in [6.45, 7) is 1.57. The first-order valence-electron chi connectivity index (χ1n) is 6.98. The largest absolute Gasteiger partial charge is 0.313 e. The number of thioether (sulfide) groups is 1. The second-order valence-electron chi connectivity index (χ2n) is 5.27. The Morgan fingerprint density at radius 1 is 1.17 bits per heavy atom. The van der Waals surface area contributed by atoms with Crippen LogP contribution in [-0.4, -0.2) is 44.3 Å². The number of sulfonamides is 1. The molecule has 0 saturated carbocycles. The second-order valence-corrected chi connectivity index (χ2v) is 8.53. The third-order valence-corrected chi connectivity index (χ3v) is 6.48. The Kier molecular flexibility index (Phi) is 5.79. The Hall–Kier alpha value is 0.220. The highest BCUT2D eigenvalue weighted by atomic mass is 32.2. The van der Waals surface area contributed by atoms with E-state index < -0.39 is 10.0 Å². The van der Waals surface area contributed by atoms with E-state index in [0.717, 1.165) is 25.8 Å². The van der Waals surface area contributed by atoms with E-state index in [0.29, 0.717) is 11.8 Å². The molecule has 2 atom stereocenters. The van der Waals surface area contributed by atoms with E-state index in [2.05, 4.69) is 10.0 Å². The van der Waals surface area contributed by atoms with E-state index in [1.165, 1.54) is 25.0 Å². The van der Waals surface area contributed by atoms with E-state index in [4.69, 9.17) is 0 Å². The van der Waals surface area contributed by atoms with Crippen molar-refractivity contribution in [1.29, 1.82) is 0 Å². The zero-order valence-corrected chi connectivity index (χ0v) is 12.5. The van der Waals surface area contributed by atoms with Gasteiger partial charge in [-0.2, -0.15) is 11.8 Å². The van der Waals surface area contributed by atoms with Gasteiger partial charge in [-0.05, 0) is 38.0 Å². The van der Waals surface area contributed by atoms with Crippen molar-refractivity contribution in [2.45, 2.75) is 49.8 Å². The van der Waals surface area contributed by atoms with E-state index in [1.54, 1.807) is 0 Å².